The highest BCUT2D eigenvalue weighted by molar-refractivity contribution is 6.10. The molecule has 0 N–H and O–H groups in total. The van der Waals surface area contributed by atoms with Gasteiger partial charge in [-0.2, -0.15) is 0 Å². The number of benzene rings is 5. The first-order chi connectivity index (χ1) is 24.7. The first kappa shape index (κ1) is 30.5. The largest absolute Gasteiger partial charge is 0.334 e. The van der Waals surface area contributed by atoms with Gasteiger partial charge in [0.05, 0.1) is 17.1 Å². The molecule has 3 unspecified atom stereocenters. The van der Waals surface area contributed by atoms with Crippen molar-refractivity contribution in [2.75, 3.05) is 4.90 Å². The fourth-order valence-corrected chi connectivity index (χ4v) is 10.1. The zero-order chi connectivity index (χ0) is 34.7. The number of aromatic nitrogens is 1. The smallest absolute Gasteiger partial charge is 0.0563 e. The van der Waals surface area contributed by atoms with Crippen LogP contribution in [0.5, 0.6) is 0 Å². The van der Waals surface area contributed by atoms with Gasteiger partial charge in [0.1, 0.15) is 0 Å². The summed E-state index contributed by atoms with van der Waals surface area (Å²) in [6.45, 7) is 12.1. The van der Waals surface area contributed by atoms with Gasteiger partial charge in [0.15, 0.2) is 0 Å². The summed E-state index contributed by atoms with van der Waals surface area (Å²) in [5.41, 5.74) is 14.7. The van der Waals surface area contributed by atoms with E-state index in [9.17, 15) is 0 Å². The van der Waals surface area contributed by atoms with Crippen LogP contribution in [0.2, 0.25) is 0 Å². The number of hydrogen-bond acceptors (Lipinski definition) is 1. The molecule has 2 nitrogen and oxygen atoms in total. The molecule has 0 radical (unpaired) electrons. The molecule has 3 atom stereocenters. The Morgan fingerprint density at radius 2 is 1.39 bits per heavy atom. The van der Waals surface area contributed by atoms with Crippen LogP contribution in [0.15, 0.2) is 157 Å². The van der Waals surface area contributed by atoms with Gasteiger partial charge in [-0.15, -0.1) is 0 Å². The molecule has 1 heterocycles. The van der Waals surface area contributed by atoms with Gasteiger partial charge in [-0.1, -0.05) is 138 Å². The predicted octanol–water partition coefficient (Wildman–Crippen LogP) is 12.5. The molecule has 250 valence electrons. The first-order valence-electron chi connectivity index (χ1n) is 18.6. The predicted molar refractivity (Wildman–Crippen MR) is 215 cm³/mol. The number of hydrogen-bond donors (Lipinski definition) is 0. The summed E-state index contributed by atoms with van der Waals surface area (Å²) in [7, 11) is 0. The zero-order valence-electron chi connectivity index (χ0n) is 30.2. The van der Waals surface area contributed by atoms with Crippen LogP contribution >= 0.6 is 0 Å². The first-order valence-corrected chi connectivity index (χ1v) is 18.6. The second-order valence-corrected chi connectivity index (χ2v) is 16.3. The number of fused-ring (bicyclic) bond motifs is 9. The highest BCUT2D eigenvalue weighted by atomic mass is 15.2. The van der Waals surface area contributed by atoms with Crippen molar-refractivity contribution in [3.05, 3.63) is 180 Å². The van der Waals surface area contributed by atoms with Crippen LogP contribution < -0.4 is 4.90 Å². The molecule has 0 saturated carbocycles. The van der Waals surface area contributed by atoms with Crippen LogP contribution in [0.3, 0.4) is 0 Å². The van der Waals surface area contributed by atoms with Crippen LogP contribution in [0.1, 0.15) is 69.2 Å². The molecule has 1 aromatic heterocycles. The second-order valence-electron chi connectivity index (χ2n) is 16.3. The maximum atomic E-state index is 2.64. The van der Waals surface area contributed by atoms with E-state index >= 15 is 0 Å². The normalized spacial score (nSPS) is 23.4. The minimum Gasteiger partial charge on any atom is -0.334 e. The van der Waals surface area contributed by atoms with Gasteiger partial charge in [0.2, 0.25) is 0 Å². The van der Waals surface area contributed by atoms with E-state index in [1.807, 2.05) is 0 Å². The average Bonchev–Trinajstić information content (AvgIpc) is 3.67. The molecule has 4 aliphatic carbocycles. The molecule has 51 heavy (non-hydrogen) atoms. The van der Waals surface area contributed by atoms with Crippen molar-refractivity contribution in [1.29, 1.82) is 0 Å². The SMILES string of the molecule is CC1(C)C2=CC(N(c3ccc4c(c3)C(C)(C)C3(C)C=CC=CC43)c3ccc4c(c3)c3ccccc3n4-c3ccccc3)CC=C2c2ccccc21. The molecular formula is C49H44N2. The number of para-hydroxylation sites is 2. The molecular weight excluding hydrogens is 617 g/mol. The van der Waals surface area contributed by atoms with Crippen LogP contribution in [0, 0.1) is 5.41 Å². The Morgan fingerprint density at radius 1 is 0.667 bits per heavy atom. The molecule has 0 fully saturated rings. The van der Waals surface area contributed by atoms with Crippen LogP contribution in [0.4, 0.5) is 11.4 Å². The monoisotopic (exact) mass is 660 g/mol. The summed E-state index contributed by atoms with van der Waals surface area (Å²) in [5.74, 6) is 0.385. The molecule has 0 spiro atoms. The summed E-state index contributed by atoms with van der Waals surface area (Å²) < 4.78 is 2.41. The van der Waals surface area contributed by atoms with Gasteiger partial charge < -0.3 is 9.47 Å². The van der Waals surface area contributed by atoms with E-state index in [2.05, 4.69) is 196 Å². The quantitative estimate of drug-likeness (QED) is 0.183. The highest BCUT2D eigenvalue weighted by Gasteiger charge is 2.53. The minimum atomic E-state index is -0.0529. The Kier molecular flexibility index (Phi) is 6.33. The van der Waals surface area contributed by atoms with Crippen molar-refractivity contribution in [3.63, 3.8) is 0 Å². The average molecular weight is 661 g/mol. The van der Waals surface area contributed by atoms with Crippen LogP contribution in [-0.4, -0.2) is 10.6 Å². The lowest BCUT2D eigenvalue weighted by atomic mass is 9.62. The number of anilines is 2. The third-order valence-corrected chi connectivity index (χ3v) is 13.2. The van der Waals surface area contributed by atoms with E-state index in [0.29, 0.717) is 5.92 Å². The minimum absolute atomic E-state index is 0.0177. The summed E-state index contributed by atoms with van der Waals surface area (Å²) in [6, 6.07) is 43.3. The summed E-state index contributed by atoms with van der Waals surface area (Å²) >= 11 is 0. The molecule has 5 aromatic carbocycles. The Morgan fingerprint density at radius 3 is 2.25 bits per heavy atom. The summed E-state index contributed by atoms with van der Waals surface area (Å²) in [5, 5.41) is 2.56. The number of allylic oxidation sites excluding steroid dienone is 6. The standard InChI is InChI=1S/C49H44N2/c1-47(2)41-19-11-9-17-36(41)37-25-22-34(30-43(37)47)50(35-23-26-39-42-20-13-14-28-49(42,5)48(3,4)44(39)31-35)33-24-27-46-40(29-33)38-18-10-12-21-45(38)51(46)32-15-7-6-8-16-32/h6-21,23-31,34,42H,22H2,1-5H3. The Bertz CT molecular complexity index is 2530. The fraction of sp³-hybridized carbons (Fsp3) is 0.224. The molecule has 4 aliphatic rings. The molecule has 0 amide bonds. The van der Waals surface area contributed by atoms with E-state index in [-0.39, 0.29) is 22.3 Å². The van der Waals surface area contributed by atoms with Crippen molar-refractivity contribution in [3.8, 4) is 5.69 Å². The van der Waals surface area contributed by atoms with Gasteiger partial charge in [-0.05, 0) is 93.8 Å². The van der Waals surface area contributed by atoms with Crippen LogP contribution in [-0.2, 0) is 10.8 Å². The Balaban J connectivity index is 1.18. The molecule has 10 rings (SSSR count). The lowest BCUT2D eigenvalue weighted by Gasteiger charge is -2.41. The Labute approximate surface area is 301 Å². The third kappa shape index (κ3) is 4.11. The fourth-order valence-electron chi connectivity index (χ4n) is 10.1. The Hall–Kier alpha value is -5.34. The summed E-state index contributed by atoms with van der Waals surface area (Å²) in [6.07, 6.45) is 15.4. The van der Waals surface area contributed by atoms with Crippen molar-refractivity contribution in [2.24, 2.45) is 5.41 Å². The van der Waals surface area contributed by atoms with Gasteiger partial charge in [0.25, 0.3) is 0 Å². The molecule has 0 saturated heterocycles. The third-order valence-electron chi connectivity index (χ3n) is 13.2. The molecule has 6 aromatic rings. The van der Waals surface area contributed by atoms with E-state index < -0.39 is 0 Å². The van der Waals surface area contributed by atoms with Crippen LogP contribution in [0.25, 0.3) is 33.1 Å². The summed E-state index contributed by atoms with van der Waals surface area (Å²) in [4.78, 5) is 2.64. The van der Waals surface area contributed by atoms with Crippen molar-refractivity contribution in [1.82, 2.24) is 4.57 Å². The second kappa shape index (κ2) is 10.6. The lowest BCUT2D eigenvalue weighted by molar-refractivity contribution is 0.245. The van der Waals surface area contributed by atoms with E-state index in [1.165, 1.54) is 72.3 Å². The van der Waals surface area contributed by atoms with Crippen molar-refractivity contribution >= 4 is 38.8 Å². The highest BCUT2D eigenvalue weighted by Crippen LogP contribution is 2.62. The van der Waals surface area contributed by atoms with E-state index in [0.717, 1.165) is 6.42 Å². The molecule has 0 aliphatic heterocycles. The van der Waals surface area contributed by atoms with E-state index in [4.69, 9.17) is 0 Å². The maximum absolute atomic E-state index is 2.64. The van der Waals surface area contributed by atoms with Gasteiger partial charge in [-0.3, -0.25) is 0 Å². The number of nitrogens with zero attached hydrogens (tertiary/aromatic N) is 2. The molecule has 0 bridgehead atoms. The molecule has 2 heteroatoms. The van der Waals surface area contributed by atoms with Gasteiger partial charge in [0, 0.05) is 44.6 Å². The van der Waals surface area contributed by atoms with Gasteiger partial charge >= 0.3 is 0 Å². The number of rotatable bonds is 4. The van der Waals surface area contributed by atoms with Gasteiger partial charge in [-0.25, -0.2) is 0 Å². The maximum Gasteiger partial charge on any atom is 0.0563 e. The van der Waals surface area contributed by atoms with E-state index in [1.54, 1.807) is 0 Å². The zero-order valence-corrected chi connectivity index (χ0v) is 30.2. The van der Waals surface area contributed by atoms with Crippen molar-refractivity contribution < 1.29 is 0 Å². The lowest BCUT2D eigenvalue weighted by Crippen LogP contribution is -2.36. The van der Waals surface area contributed by atoms with Crippen molar-refractivity contribution in [2.45, 2.75) is 63.8 Å². The topological polar surface area (TPSA) is 8.17 Å².